The van der Waals surface area contributed by atoms with Crippen molar-refractivity contribution in [2.75, 3.05) is 34.9 Å². The van der Waals surface area contributed by atoms with Gasteiger partial charge in [-0.15, -0.1) is 0 Å². The SMILES string of the molecule is COc1ccc2c(c1)c(CCN(C)C)cn2OP(=O)(O)OC. The quantitative estimate of drug-likeness (QED) is 0.783. The molecule has 8 heteroatoms. The monoisotopic (exact) mass is 328 g/mol. The van der Waals surface area contributed by atoms with Crippen LogP contribution in [0.15, 0.2) is 24.4 Å². The summed E-state index contributed by atoms with van der Waals surface area (Å²) < 4.78 is 27.7. The van der Waals surface area contributed by atoms with Gasteiger partial charge in [0, 0.05) is 25.2 Å². The van der Waals surface area contributed by atoms with Crippen molar-refractivity contribution < 1.29 is 23.3 Å². The van der Waals surface area contributed by atoms with E-state index in [0.717, 1.165) is 36.8 Å². The van der Waals surface area contributed by atoms with E-state index in [2.05, 4.69) is 9.42 Å². The predicted octanol–water partition coefficient (Wildman–Crippen LogP) is 1.93. The Balaban J connectivity index is 2.46. The van der Waals surface area contributed by atoms with Gasteiger partial charge >= 0.3 is 7.82 Å². The zero-order valence-electron chi connectivity index (χ0n) is 13.1. The molecule has 122 valence electrons. The summed E-state index contributed by atoms with van der Waals surface area (Å²) in [5.74, 6) is 0.718. The number of benzene rings is 1. The molecule has 0 saturated carbocycles. The number of hydrogen-bond acceptors (Lipinski definition) is 5. The third-order valence-corrected chi connectivity index (χ3v) is 4.15. The van der Waals surface area contributed by atoms with Crippen molar-refractivity contribution in [3.8, 4) is 5.75 Å². The van der Waals surface area contributed by atoms with Gasteiger partial charge in [0.05, 0.1) is 12.6 Å². The molecule has 2 aromatic rings. The second-order valence-corrected chi connectivity index (χ2v) is 6.61. The maximum absolute atomic E-state index is 11.7. The predicted molar refractivity (Wildman–Crippen MR) is 84.2 cm³/mol. The van der Waals surface area contributed by atoms with Gasteiger partial charge in [-0.05, 0) is 44.3 Å². The van der Waals surface area contributed by atoms with E-state index >= 15 is 0 Å². The summed E-state index contributed by atoms with van der Waals surface area (Å²) in [6.07, 6.45) is 2.48. The molecule has 0 saturated heterocycles. The molecule has 1 unspecified atom stereocenters. The summed E-state index contributed by atoms with van der Waals surface area (Å²) in [6, 6.07) is 5.44. The second-order valence-electron chi connectivity index (χ2n) is 5.15. The van der Waals surface area contributed by atoms with Crippen molar-refractivity contribution in [3.63, 3.8) is 0 Å². The molecule has 2 rings (SSSR count). The van der Waals surface area contributed by atoms with E-state index in [1.54, 1.807) is 25.4 Å². The Labute approximate surface area is 129 Å². The molecular weight excluding hydrogens is 307 g/mol. The highest BCUT2D eigenvalue weighted by molar-refractivity contribution is 7.47. The zero-order chi connectivity index (χ0) is 16.3. The second kappa shape index (κ2) is 6.71. The highest BCUT2D eigenvalue weighted by atomic mass is 31.2. The number of fused-ring (bicyclic) bond motifs is 1. The Bertz CT molecular complexity index is 698. The molecule has 1 heterocycles. The smallest absolute Gasteiger partial charge is 0.497 e. The first kappa shape index (κ1) is 16.8. The minimum Gasteiger partial charge on any atom is -0.497 e. The van der Waals surface area contributed by atoms with Crippen molar-refractivity contribution >= 4 is 18.7 Å². The number of aromatic nitrogens is 1. The normalized spacial score (nSPS) is 14.3. The first-order valence-electron chi connectivity index (χ1n) is 6.77. The minimum absolute atomic E-state index is 0.681. The van der Waals surface area contributed by atoms with E-state index < -0.39 is 7.82 Å². The van der Waals surface area contributed by atoms with Crippen molar-refractivity contribution in [1.29, 1.82) is 0 Å². The number of ether oxygens (including phenoxy) is 1. The summed E-state index contributed by atoms with van der Waals surface area (Å²) in [4.78, 5) is 11.6. The molecule has 0 fully saturated rings. The van der Waals surface area contributed by atoms with Gasteiger partial charge in [0.1, 0.15) is 5.75 Å². The van der Waals surface area contributed by atoms with Crippen molar-refractivity contribution in [1.82, 2.24) is 9.63 Å². The van der Waals surface area contributed by atoms with Crippen LogP contribution in [-0.4, -0.2) is 49.4 Å². The van der Waals surface area contributed by atoms with E-state index in [4.69, 9.17) is 9.36 Å². The lowest BCUT2D eigenvalue weighted by atomic mass is 10.1. The van der Waals surface area contributed by atoms with E-state index in [1.807, 2.05) is 20.2 Å². The molecule has 1 aromatic carbocycles. The first-order valence-corrected chi connectivity index (χ1v) is 8.27. The molecule has 0 aliphatic heterocycles. The standard InChI is InChI=1S/C14H21N2O5P/c1-15(2)8-7-11-10-16(21-22(17,18)20-4)14-6-5-12(19-3)9-13(11)14/h5-6,9-10H,7-8H2,1-4H3,(H,17,18). The number of methoxy groups -OCH3 is 1. The molecule has 0 aliphatic rings. The maximum atomic E-state index is 11.7. The molecular formula is C14H21N2O5P. The fourth-order valence-corrected chi connectivity index (χ4v) is 2.55. The van der Waals surface area contributed by atoms with Gasteiger partial charge in [0.2, 0.25) is 0 Å². The zero-order valence-corrected chi connectivity index (χ0v) is 14.0. The minimum atomic E-state index is -4.12. The molecule has 22 heavy (non-hydrogen) atoms. The van der Waals surface area contributed by atoms with Crippen LogP contribution in [0.2, 0.25) is 0 Å². The van der Waals surface area contributed by atoms with Crippen molar-refractivity contribution in [2.45, 2.75) is 6.42 Å². The van der Waals surface area contributed by atoms with E-state index in [1.165, 1.54) is 4.73 Å². The molecule has 0 bridgehead atoms. The van der Waals surface area contributed by atoms with E-state index in [9.17, 15) is 9.46 Å². The molecule has 1 aromatic heterocycles. The number of phosphoric ester groups is 1. The fraction of sp³-hybridized carbons (Fsp3) is 0.429. The topological polar surface area (TPSA) is 73.2 Å². The number of nitrogens with zero attached hydrogens (tertiary/aromatic N) is 2. The van der Waals surface area contributed by atoms with Crippen molar-refractivity contribution in [3.05, 3.63) is 30.0 Å². The van der Waals surface area contributed by atoms with Gasteiger partial charge < -0.3 is 14.3 Å². The van der Waals surface area contributed by atoms with Gasteiger partial charge in [0.15, 0.2) is 0 Å². The van der Waals surface area contributed by atoms with Crippen LogP contribution in [0.3, 0.4) is 0 Å². The van der Waals surface area contributed by atoms with Crippen LogP contribution in [0.4, 0.5) is 0 Å². The van der Waals surface area contributed by atoms with Crippen LogP contribution in [0.25, 0.3) is 10.9 Å². The van der Waals surface area contributed by atoms with Gasteiger partial charge in [0.25, 0.3) is 0 Å². The first-order chi connectivity index (χ1) is 10.4. The number of phosphoric acid groups is 1. The summed E-state index contributed by atoms with van der Waals surface area (Å²) >= 11 is 0. The molecule has 0 aliphatic carbocycles. The van der Waals surface area contributed by atoms with Gasteiger partial charge in [-0.25, -0.2) is 4.57 Å². The molecule has 0 amide bonds. The third-order valence-electron chi connectivity index (χ3n) is 3.31. The van der Waals surface area contributed by atoms with Crippen LogP contribution >= 0.6 is 7.82 Å². The Kier molecular flexibility index (Phi) is 5.13. The van der Waals surface area contributed by atoms with Crippen LogP contribution < -0.4 is 9.36 Å². The van der Waals surface area contributed by atoms with Gasteiger partial charge in [-0.2, -0.15) is 4.73 Å². The summed E-state index contributed by atoms with van der Waals surface area (Å²) in [6.45, 7) is 0.845. The van der Waals surface area contributed by atoms with E-state index in [0.29, 0.717) is 5.52 Å². The third kappa shape index (κ3) is 3.81. The molecule has 1 N–H and O–H groups in total. The molecule has 1 atom stereocenters. The summed E-state index contributed by atoms with van der Waals surface area (Å²) in [5, 5.41) is 0.914. The van der Waals surface area contributed by atoms with E-state index in [-0.39, 0.29) is 0 Å². The highest BCUT2D eigenvalue weighted by Gasteiger charge is 2.23. The lowest BCUT2D eigenvalue weighted by molar-refractivity contribution is 0.164. The van der Waals surface area contributed by atoms with Crippen LogP contribution in [0.1, 0.15) is 5.56 Å². The van der Waals surface area contributed by atoms with Gasteiger partial charge in [-0.3, -0.25) is 9.42 Å². The fourth-order valence-electron chi connectivity index (χ4n) is 2.13. The molecule has 0 radical (unpaired) electrons. The average molecular weight is 328 g/mol. The maximum Gasteiger partial charge on any atom is 0.546 e. The Morgan fingerprint density at radius 2 is 2.05 bits per heavy atom. The number of rotatable bonds is 7. The molecule has 7 nitrogen and oxygen atoms in total. The Morgan fingerprint density at radius 3 is 2.64 bits per heavy atom. The van der Waals surface area contributed by atoms with Crippen LogP contribution in [-0.2, 0) is 15.5 Å². The lowest BCUT2D eigenvalue weighted by Gasteiger charge is -2.11. The number of likely N-dealkylation sites (N-methyl/N-ethyl adjacent to an activating group) is 1. The highest BCUT2D eigenvalue weighted by Crippen LogP contribution is 2.39. The number of hydrogen-bond donors (Lipinski definition) is 1. The summed E-state index contributed by atoms with van der Waals surface area (Å²) in [5.41, 5.74) is 1.68. The average Bonchev–Trinajstić information content (AvgIpc) is 2.81. The Morgan fingerprint density at radius 1 is 1.32 bits per heavy atom. The molecule has 0 spiro atoms. The van der Waals surface area contributed by atoms with Crippen LogP contribution in [0, 0.1) is 0 Å². The lowest BCUT2D eigenvalue weighted by Crippen LogP contribution is -2.15. The Hall–Kier alpha value is -1.53. The van der Waals surface area contributed by atoms with Gasteiger partial charge in [-0.1, -0.05) is 0 Å². The largest absolute Gasteiger partial charge is 0.546 e. The summed E-state index contributed by atoms with van der Waals surface area (Å²) in [7, 11) is 2.58. The van der Waals surface area contributed by atoms with Crippen molar-refractivity contribution in [2.24, 2.45) is 0 Å². The van der Waals surface area contributed by atoms with Crippen LogP contribution in [0.5, 0.6) is 5.75 Å².